The van der Waals surface area contributed by atoms with Gasteiger partial charge in [-0.25, -0.2) is 9.97 Å². The van der Waals surface area contributed by atoms with E-state index in [-0.39, 0.29) is 26.8 Å². The topological polar surface area (TPSA) is 69.8 Å². The second-order valence-electron chi connectivity index (χ2n) is 5.03. The molecule has 132 valence electrons. The van der Waals surface area contributed by atoms with Crippen LogP contribution in [0.1, 0.15) is 16.1 Å². The van der Waals surface area contributed by atoms with Gasteiger partial charge in [0.25, 0.3) is 0 Å². The molecule has 4 nitrogen and oxygen atoms in total. The molecule has 0 amide bonds. The maximum atomic E-state index is 12.8. The molecule has 3 rings (SSSR count). The number of nitriles is 1. The van der Waals surface area contributed by atoms with Gasteiger partial charge >= 0.3 is 6.18 Å². The summed E-state index contributed by atoms with van der Waals surface area (Å²) in [6, 6.07) is 6.41. The highest BCUT2D eigenvalue weighted by Crippen LogP contribution is 2.36. The van der Waals surface area contributed by atoms with Gasteiger partial charge in [-0.1, -0.05) is 11.6 Å². The zero-order chi connectivity index (χ0) is 19.1. The molecule has 1 N–H and O–H groups in total. The lowest BCUT2D eigenvalue weighted by Gasteiger charge is -2.05. The average Bonchev–Trinajstić information content (AvgIpc) is 2.99. The molecule has 0 radical (unpaired) electrons. The molecule has 0 spiro atoms. The van der Waals surface area contributed by atoms with Gasteiger partial charge in [-0.05, 0) is 40.2 Å². The summed E-state index contributed by atoms with van der Waals surface area (Å²) in [6.07, 6.45) is -3.08. The minimum Gasteiger partial charge on any atom is -0.506 e. The summed E-state index contributed by atoms with van der Waals surface area (Å²) in [4.78, 5) is 7.92. The standard InChI is InChI=1S/C16H6BrClF3N3OS/c17-8-4-9(14(18)23-6-8)13(25)10(5-22)15-24-11-3-7(16(19,20)21)1-2-12(11)26-15/h1-4,6,25H. The minimum absolute atomic E-state index is 0.0288. The number of benzene rings is 1. The predicted octanol–water partition coefficient (Wildman–Crippen LogP) is 6.08. The molecule has 0 saturated carbocycles. The van der Waals surface area contributed by atoms with Gasteiger partial charge < -0.3 is 5.11 Å². The molecule has 0 bridgehead atoms. The Labute approximate surface area is 162 Å². The number of aliphatic hydroxyl groups is 1. The van der Waals surface area contributed by atoms with E-state index in [1.807, 2.05) is 6.07 Å². The molecular weight excluding hydrogens is 455 g/mol. The van der Waals surface area contributed by atoms with Crippen LogP contribution in [0.4, 0.5) is 13.2 Å². The molecule has 0 unspecified atom stereocenters. The molecule has 10 heteroatoms. The van der Waals surface area contributed by atoms with Crippen LogP contribution in [0.2, 0.25) is 5.15 Å². The lowest BCUT2D eigenvalue weighted by molar-refractivity contribution is -0.137. The Morgan fingerprint density at radius 3 is 2.69 bits per heavy atom. The number of rotatable bonds is 2. The average molecular weight is 461 g/mol. The first kappa shape index (κ1) is 18.6. The van der Waals surface area contributed by atoms with Gasteiger partial charge in [0.15, 0.2) is 0 Å². The number of nitrogens with zero attached hydrogens (tertiary/aromatic N) is 3. The number of aromatic nitrogens is 2. The summed E-state index contributed by atoms with van der Waals surface area (Å²) in [5.74, 6) is -0.457. The van der Waals surface area contributed by atoms with Crippen molar-refractivity contribution in [2.45, 2.75) is 6.18 Å². The zero-order valence-corrected chi connectivity index (χ0v) is 15.6. The highest BCUT2D eigenvalue weighted by atomic mass is 79.9. The summed E-state index contributed by atoms with van der Waals surface area (Å²) in [6.45, 7) is 0. The van der Waals surface area contributed by atoms with Crippen LogP contribution >= 0.6 is 38.9 Å². The van der Waals surface area contributed by atoms with Crippen LogP contribution in [-0.4, -0.2) is 15.1 Å². The first-order valence-corrected chi connectivity index (χ1v) is 8.82. The summed E-state index contributed by atoms with van der Waals surface area (Å²) < 4.78 is 39.5. The van der Waals surface area contributed by atoms with E-state index in [4.69, 9.17) is 11.6 Å². The maximum Gasteiger partial charge on any atom is 0.416 e. The Balaban J connectivity index is 2.16. The van der Waals surface area contributed by atoms with Crippen molar-refractivity contribution in [1.29, 1.82) is 5.26 Å². The first-order chi connectivity index (χ1) is 12.2. The molecule has 0 atom stereocenters. The molecule has 26 heavy (non-hydrogen) atoms. The third kappa shape index (κ3) is 3.53. The van der Waals surface area contributed by atoms with E-state index in [1.165, 1.54) is 18.3 Å². The van der Waals surface area contributed by atoms with E-state index in [0.29, 0.717) is 9.17 Å². The molecule has 0 aliphatic carbocycles. The number of allylic oxidation sites excluding steroid dienone is 1. The van der Waals surface area contributed by atoms with Crippen molar-refractivity contribution >= 4 is 60.4 Å². The van der Waals surface area contributed by atoms with Crippen molar-refractivity contribution in [1.82, 2.24) is 9.97 Å². The van der Waals surface area contributed by atoms with Crippen LogP contribution in [0.25, 0.3) is 21.5 Å². The van der Waals surface area contributed by atoms with Gasteiger partial charge in [0.2, 0.25) is 0 Å². The second kappa shape index (κ2) is 6.87. The number of halogens is 5. The zero-order valence-electron chi connectivity index (χ0n) is 12.5. The number of pyridine rings is 1. The van der Waals surface area contributed by atoms with Gasteiger partial charge in [0.05, 0.1) is 21.3 Å². The Morgan fingerprint density at radius 1 is 1.31 bits per heavy atom. The number of thiazole rings is 1. The Bertz CT molecular complexity index is 1090. The number of hydrogen-bond acceptors (Lipinski definition) is 5. The smallest absolute Gasteiger partial charge is 0.416 e. The summed E-state index contributed by atoms with van der Waals surface area (Å²) in [7, 11) is 0. The molecule has 0 saturated heterocycles. The van der Waals surface area contributed by atoms with E-state index in [0.717, 1.165) is 23.5 Å². The third-order valence-electron chi connectivity index (χ3n) is 3.34. The lowest BCUT2D eigenvalue weighted by atomic mass is 10.1. The quantitative estimate of drug-likeness (QED) is 0.286. The van der Waals surface area contributed by atoms with Gasteiger partial charge in [-0.15, -0.1) is 11.3 Å². The number of alkyl halides is 3. The Morgan fingerprint density at radius 2 is 2.04 bits per heavy atom. The molecule has 2 heterocycles. The number of aliphatic hydroxyl groups excluding tert-OH is 1. The van der Waals surface area contributed by atoms with Crippen LogP contribution in [0, 0.1) is 11.3 Å². The SMILES string of the molecule is N#CC(=C(O)c1cc(Br)cnc1Cl)c1nc2cc(C(F)(F)F)ccc2s1. The summed E-state index contributed by atoms with van der Waals surface area (Å²) in [5, 5.41) is 19.9. The van der Waals surface area contributed by atoms with Crippen molar-refractivity contribution in [2.75, 3.05) is 0 Å². The molecule has 0 aliphatic heterocycles. The largest absolute Gasteiger partial charge is 0.506 e. The van der Waals surface area contributed by atoms with Gasteiger partial charge in [-0.3, -0.25) is 0 Å². The predicted molar refractivity (Wildman–Crippen MR) is 96.6 cm³/mol. The Kier molecular flexibility index (Phi) is 4.92. The highest BCUT2D eigenvalue weighted by molar-refractivity contribution is 9.10. The van der Waals surface area contributed by atoms with E-state index in [9.17, 15) is 23.5 Å². The number of hydrogen-bond donors (Lipinski definition) is 1. The van der Waals surface area contributed by atoms with Gasteiger partial charge in [0.1, 0.15) is 27.6 Å². The normalized spacial score (nSPS) is 12.8. The number of fused-ring (bicyclic) bond motifs is 1. The second-order valence-corrected chi connectivity index (χ2v) is 7.33. The van der Waals surface area contributed by atoms with Crippen LogP contribution in [0.5, 0.6) is 0 Å². The molecular formula is C16H6BrClF3N3OS. The van der Waals surface area contributed by atoms with Crippen molar-refractivity contribution < 1.29 is 18.3 Å². The molecule has 3 aromatic rings. The molecule has 1 aromatic carbocycles. The first-order valence-electron chi connectivity index (χ1n) is 6.83. The van der Waals surface area contributed by atoms with Crippen LogP contribution in [0.15, 0.2) is 34.9 Å². The lowest BCUT2D eigenvalue weighted by Crippen LogP contribution is -2.03. The van der Waals surface area contributed by atoms with E-state index in [1.54, 1.807) is 0 Å². The van der Waals surface area contributed by atoms with Crippen molar-refractivity contribution in [3.63, 3.8) is 0 Å². The van der Waals surface area contributed by atoms with Crippen LogP contribution < -0.4 is 0 Å². The summed E-state index contributed by atoms with van der Waals surface area (Å²) in [5.41, 5.74) is -0.860. The Hall–Kier alpha value is -2.15. The fourth-order valence-electron chi connectivity index (χ4n) is 2.14. The van der Waals surface area contributed by atoms with Crippen LogP contribution in [-0.2, 0) is 6.18 Å². The van der Waals surface area contributed by atoms with E-state index < -0.39 is 17.5 Å². The van der Waals surface area contributed by atoms with E-state index in [2.05, 4.69) is 25.9 Å². The summed E-state index contributed by atoms with van der Waals surface area (Å²) >= 11 is 10.1. The fraction of sp³-hybridized carbons (Fsp3) is 0.0625. The van der Waals surface area contributed by atoms with Crippen molar-refractivity contribution in [3.05, 3.63) is 56.2 Å². The maximum absolute atomic E-state index is 12.8. The van der Waals surface area contributed by atoms with Gasteiger partial charge in [0, 0.05) is 10.7 Å². The highest BCUT2D eigenvalue weighted by Gasteiger charge is 2.31. The van der Waals surface area contributed by atoms with Crippen molar-refractivity contribution in [2.24, 2.45) is 0 Å². The molecule has 0 aliphatic rings. The minimum atomic E-state index is -4.50. The van der Waals surface area contributed by atoms with E-state index >= 15 is 0 Å². The van der Waals surface area contributed by atoms with Crippen molar-refractivity contribution in [3.8, 4) is 6.07 Å². The third-order valence-corrected chi connectivity index (χ3v) is 5.13. The monoisotopic (exact) mass is 459 g/mol. The molecule has 0 fully saturated rings. The van der Waals surface area contributed by atoms with Crippen LogP contribution in [0.3, 0.4) is 0 Å². The molecule has 2 aromatic heterocycles. The fourth-order valence-corrected chi connectivity index (χ4v) is 3.60. The van der Waals surface area contributed by atoms with Gasteiger partial charge in [-0.2, -0.15) is 18.4 Å².